The number of aromatic nitrogens is 1. The number of nitrogens with one attached hydrogen (secondary N) is 2. The molecule has 6 nitrogen and oxygen atoms in total. The maximum absolute atomic E-state index is 11.9. The highest BCUT2D eigenvalue weighted by molar-refractivity contribution is 7.80. The number of H-pyrrole nitrogens is 1. The topological polar surface area (TPSA) is 77.6 Å². The molecule has 1 aromatic carbocycles. The standard InChI is InChI=1S/C29H47N3O3S/c1-27(2,3)18-21-20-10-11-22(33)24(23(20)31-25(21)36-29(7,8)9)32-16-13-19(14-17-32)12-15-30-26(34)35-28(4,5)6/h10-11,19,31,33H,12-18H2,1-9H3,(H,30,34)/p+1. The molecule has 1 aliphatic rings. The fourth-order valence-corrected chi connectivity index (χ4v) is 6.05. The molecular formula is C29H48N3O3S+. The van der Waals surface area contributed by atoms with E-state index in [9.17, 15) is 9.90 Å². The van der Waals surface area contributed by atoms with E-state index in [1.54, 1.807) is 0 Å². The number of hydrogen-bond donors (Lipinski definition) is 3. The van der Waals surface area contributed by atoms with Gasteiger partial charge in [0, 0.05) is 42.3 Å². The molecule has 0 radical (unpaired) electrons. The number of thiol groups is 1. The van der Waals surface area contributed by atoms with E-state index < -0.39 is 5.60 Å². The molecule has 0 bridgehead atoms. The number of ether oxygens (including phenoxy) is 1. The zero-order chi connectivity index (χ0) is 26.9. The Morgan fingerprint density at radius 3 is 2.31 bits per heavy atom. The minimum atomic E-state index is -0.477. The van der Waals surface area contributed by atoms with E-state index in [0.29, 0.717) is 18.2 Å². The van der Waals surface area contributed by atoms with E-state index in [4.69, 9.17) is 4.74 Å². The minimum Gasteiger partial charge on any atom is -0.506 e. The van der Waals surface area contributed by atoms with Gasteiger partial charge in [0.15, 0.2) is 0 Å². The molecule has 2 heterocycles. The second-order valence-electron chi connectivity index (χ2n) is 13.5. The van der Waals surface area contributed by atoms with Crippen LogP contribution in [0.3, 0.4) is 0 Å². The number of phenols is 1. The Hall–Kier alpha value is -2.02. The Kier molecular flexibility index (Phi) is 8.54. The summed E-state index contributed by atoms with van der Waals surface area (Å²) in [5, 5.41) is 16.3. The van der Waals surface area contributed by atoms with E-state index in [0.717, 1.165) is 50.0 Å². The van der Waals surface area contributed by atoms with Gasteiger partial charge >= 0.3 is 6.09 Å². The summed E-state index contributed by atoms with van der Waals surface area (Å²) in [5.41, 5.74) is 3.06. The van der Waals surface area contributed by atoms with Crippen molar-refractivity contribution in [3.63, 3.8) is 0 Å². The number of piperidine rings is 1. The van der Waals surface area contributed by atoms with Crippen molar-refractivity contribution < 1.29 is 14.6 Å². The molecule has 1 fully saturated rings. The Labute approximate surface area is 221 Å². The third kappa shape index (κ3) is 7.99. The summed E-state index contributed by atoms with van der Waals surface area (Å²) in [6, 6.07) is 3.95. The van der Waals surface area contributed by atoms with Crippen LogP contribution in [-0.2, 0) is 22.9 Å². The lowest BCUT2D eigenvalue weighted by Gasteiger charge is -2.34. The first-order chi connectivity index (χ1) is 16.5. The second-order valence-corrected chi connectivity index (χ2v) is 15.5. The number of alkyl carbamates (subject to hydrolysis) is 1. The number of amides is 1. The van der Waals surface area contributed by atoms with Crippen LogP contribution in [0.1, 0.15) is 87.1 Å². The first-order valence-corrected chi connectivity index (χ1v) is 14.2. The van der Waals surface area contributed by atoms with Crippen molar-refractivity contribution in [2.24, 2.45) is 11.3 Å². The predicted molar refractivity (Wildman–Crippen MR) is 154 cm³/mol. The fourth-order valence-electron chi connectivity index (χ4n) is 4.88. The van der Waals surface area contributed by atoms with Crippen LogP contribution in [0.5, 0.6) is 5.75 Å². The molecule has 0 unspecified atom stereocenters. The molecule has 2 aromatic rings. The van der Waals surface area contributed by atoms with Crippen molar-refractivity contribution in [3.8, 4) is 5.75 Å². The van der Waals surface area contributed by atoms with Crippen molar-refractivity contribution >= 4 is 34.4 Å². The van der Waals surface area contributed by atoms with Crippen molar-refractivity contribution in [2.75, 3.05) is 24.5 Å². The zero-order valence-corrected chi connectivity index (χ0v) is 24.7. The van der Waals surface area contributed by atoms with E-state index in [-0.39, 0.29) is 16.3 Å². The first-order valence-electron chi connectivity index (χ1n) is 13.3. The molecule has 1 saturated heterocycles. The number of benzene rings is 1. The molecule has 0 aliphatic carbocycles. The molecule has 202 valence electrons. The number of fused-ring (bicyclic) bond motifs is 1. The van der Waals surface area contributed by atoms with Gasteiger partial charge in [-0.2, -0.15) is 0 Å². The van der Waals surface area contributed by atoms with Gasteiger partial charge in [0.05, 0.1) is 5.52 Å². The van der Waals surface area contributed by atoms with Gasteiger partial charge in [-0.1, -0.05) is 20.8 Å². The predicted octanol–water partition coefficient (Wildman–Crippen LogP) is 6.57. The lowest BCUT2D eigenvalue weighted by atomic mass is 9.88. The lowest BCUT2D eigenvalue weighted by molar-refractivity contribution is 0.0524. The Balaban J connectivity index is 1.75. The normalized spacial score (nSPS) is 16.0. The average Bonchev–Trinajstić information content (AvgIpc) is 3.01. The Morgan fingerprint density at radius 1 is 1.11 bits per heavy atom. The molecule has 0 saturated carbocycles. The summed E-state index contributed by atoms with van der Waals surface area (Å²) >= 11 is 1.27. The van der Waals surface area contributed by atoms with Crippen molar-refractivity contribution in [3.05, 3.63) is 17.7 Å². The van der Waals surface area contributed by atoms with Gasteiger partial charge < -0.3 is 25.0 Å². The largest absolute Gasteiger partial charge is 0.506 e. The van der Waals surface area contributed by atoms with Crippen molar-refractivity contribution in [1.82, 2.24) is 10.3 Å². The summed E-state index contributed by atoms with van der Waals surface area (Å²) in [5.74, 6) is 0.891. The number of nitrogens with zero attached hydrogens (tertiary/aromatic N) is 1. The number of phenolic OH excluding ortho intramolecular Hbond substituents is 1. The fraction of sp³-hybridized carbons (Fsp3) is 0.690. The number of carbonyl (C=O) groups is 1. The monoisotopic (exact) mass is 518 g/mol. The van der Waals surface area contributed by atoms with Crippen LogP contribution >= 0.6 is 0 Å². The van der Waals surface area contributed by atoms with Crippen LogP contribution < -0.4 is 10.2 Å². The van der Waals surface area contributed by atoms with E-state index in [2.05, 4.69) is 62.8 Å². The van der Waals surface area contributed by atoms with Crippen LogP contribution in [0.25, 0.3) is 10.9 Å². The zero-order valence-electron chi connectivity index (χ0n) is 23.8. The highest BCUT2D eigenvalue weighted by atomic mass is 32.2. The number of aromatic amines is 1. The number of aromatic hydroxyl groups is 1. The first kappa shape index (κ1) is 28.5. The third-order valence-electron chi connectivity index (χ3n) is 6.32. The maximum Gasteiger partial charge on any atom is 0.407 e. The third-order valence-corrected chi connectivity index (χ3v) is 7.59. The summed E-state index contributed by atoms with van der Waals surface area (Å²) < 4.78 is 5.48. The number of anilines is 1. The van der Waals surface area contributed by atoms with Crippen LogP contribution in [0.2, 0.25) is 0 Å². The van der Waals surface area contributed by atoms with E-state index >= 15 is 0 Å². The SMILES string of the molecule is CC(C)(C)Cc1c([SH+]C(C)(C)C)[nH]c2c(N3CCC(CCNC(=O)OC(C)(C)C)CC3)c(O)ccc12. The van der Waals surface area contributed by atoms with Crippen LogP contribution in [-0.4, -0.2) is 46.2 Å². The molecule has 7 heteroatoms. The molecule has 0 spiro atoms. The van der Waals surface area contributed by atoms with Crippen molar-refractivity contribution in [1.29, 1.82) is 0 Å². The highest BCUT2D eigenvalue weighted by Gasteiger charge is 2.31. The van der Waals surface area contributed by atoms with Crippen LogP contribution in [0.15, 0.2) is 17.2 Å². The van der Waals surface area contributed by atoms with Gasteiger partial charge in [0.1, 0.15) is 21.8 Å². The average molecular weight is 519 g/mol. The Bertz CT molecular complexity index is 1050. The van der Waals surface area contributed by atoms with Crippen LogP contribution in [0.4, 0.5) is 10.5 Å². The number of carbonyl (C=O) groups excluding carboxylic acids is 1. The van der Waals surface area contributed by atoms with Gasteiger partial charge in [-0.3, -0.25) is 0 Å². The second kappa shape index (κ2) is 10.8. The van der Waals surface area contributed by atoms with E-state index in [1.165, 1.54) is 27.7 Å². The molecule has 3 N–H and O–H groups in total. The summed E-state index contributed by atoms with van der Waals surface area (Å²) in [7, 11) is 0. The van der Waals surface area contributed by atoms with Gasteiger partial charge in [0.25, 0.3) is 0 Å². The van der Waals surface area contributed by atoms with Gasteiger partial charge in [0.2, 0.25) is 5.03 Å². The lowest BCUT2D eigenvalue weighted by Crippen LogP contribution is -2.36. The minimum absolute atomic E-state index is 0.140. The summed E-state index contributed by atoms with van der Waals surface area (Å²) in [4.78, 5) is 18.0. The summed E-state index contributed by atoms with van der Waals surface area (Å²) in [6.45, 7) is 21.7. The van der Waals surface area contributed by atoms with Crippen molar-refractivity contribution in [2.45, 2.75) is 103 Å². The van der Waals surface area contributed by atoms with Gasteiger partial charge in [-0.15, -0.1) is 0 Å². The molecule has 1 aliphatic heterocycles. The number of rotatable bonds is 6. The van der Waals surface area contributed by atoms with Gasteiger partial charge in [-0.25, -0.2) is 4.79 Å². The maximum atomic E-state index is 11.9. The number of hydrogen-bond acceptors (Lipinski definition) is 4. The highest BCUT2D eigenvalue weighted by Crippen LogP contribution is 2.42. The quantitative estimate of drug-likeness (QED) is 0.299. The molecule has 1 aromatic heterocycles. The van der Waals surface area contributed by atoms with E-state index in [1.807, 2.05) is 26.8 Å². The molecule has 0 atom stereocenters. The van der Waals surface area contributed by atoms with Crippen LogP contribution in [0, 0.1) is 11.3 Å². The molecule has 3 rings (SSSR count). The molecular weight excluding hydrogens is 470 g/mol. The smallest absolute Gasteiger partial charge is 0.407 e. The molecule has 36 heavy (non-hydrogen) atoms. The Morgan fingerprint density at radius 2 is 1.75 bits per heavy atom. The van der Waals surface area contributed by atoms with Gasteiger partial charge in [-0.05, 0) is 90.7 Å². The molecule has 1 amide bonds. The summed E-state index contributed by atoms with van der Waals surface area (Å²) in [6.07, 6.45) is 3.65.